The summed E-state index contributed by atoms with van der Waals surface area (Å²) in [4.78, 5) is 12.5. The second kappa shape index (κ2) is 10.9. The van der Waals surface area contributed by atoms with Crippen molar-refractivity contribution in [1.29, 1.82) is 0 Å². The second-order valence-electron chi connectivity index (χ2n) is 7.82. The van der Waals surface area contributed by atoms with Gasteiger partial charge in [-0.05, 0) is 67.6 Å². The van der Waals surface area contributed by atoms with Crippen molar-refractivity contribution in [2.75, 3.05) is 11.3 Å². The molecule has 0 spiro atoms. The molecule has 1 heterocycles. The van der Waals surface area contributed by atoms with Crippen LogP contribution in [0.2, 0.25) is 0 Å². The van der Waals surface area contributed by atoms with Crippen molar-refractivity contribution >= 4 is 21.6 Å². The summed E-state index contributed by atoms with van der Waals surface area (Å²) in [7, 11) is -3.80. The van der Waals surface area contributed by atoms with Gasteiger partial charge in [0.1, 0.15) is 0 Å². The van der Waals surface area contributed by atoms with Crippen molar-refractivity contribution in [2.24, 2.45) is 0 Å². The van der Waals surface area contributed by atoms with Crippen LogP contribution in [0.1, 0.15) is 47.7 Å². The van der Waals surface area contributed by atoms with Crippen molar-refractivity contribution < 1.29 is 13.2 Å². The minimum Gasteiger partial charge on any atom is -0.352 e. The molecule has 0 saturated heterocycles. The van der Waals surface area contributed by atoms with Crippen LogP contribution >= 0.6 is 0 Å². The van der Waals surface area contributed by atoms with Crippen LogP contribution < -0.4 is 10.0 Å². The largest absolute Gasteiger partial charge is 0.352 e. The number of aromatic nitrogens is 2. The standard InChI is InChI=1S/C24H30N4O3S/c1-3-4-7-20-10-12-22(13-11-20)27-32(30,31)23-9-5-8-21(16-23)24(29)25-14-6-15-28-18-19(2)17-26-28/h5,8-13,16-18,27H,3-4,6-7,14-15H2,1-2H3,(H,25,29). The molecule has 1 aromatic heterocycles. The number of benzene rings is 2. The molecule has 0 aliphatic heterocycles. The lowest BCUT2D eigenvalue weighted by molar-refractivity contribution is 0.0952. The summed E-state index contributed by atoms with van der Waals surface area (Å²) < 4.78 is 30.0. The summed E-state index contributed by atoms with van der Waals surface area (Å²) in [5.74, 6) is -0.307. The van der Waals surface area contributed by atoms with E-state index in [4.69, 9.17) is 0 Å². The first-order valence-corrected chi connectivity index (χ1v) is 12.3. The van der Waals surface area contributed by atoms with E-state index in [1.165, 1.54) is 17.7 Å². The van der Waals surface area contributed by atoms with Crippen LogP contribution in [0.3, 0.4) is 0 Å². The monoisotopic (exact) mass is 454 g/mol. The van der Waals surface area contributed by atoms with Gasteiger partial charge in [0, 0.05) is 30.5 Å². The number of nitrogens with one attached hydrogen (secondary N) is 2. The molecule has 7 nitrogen and oxygen atoms in total. The van der Waals surface area contributed by atoms with Gasteiger partial charge in [-0.3, -0.25) is 14.2 Å². The van der Waals surface area contributed by atoms with Crippen LogP contribution in [-0.2, 0) is 23.0 Å². The Kier molecular flexibility index (Phi) is 8.05. The van der Waals surface area contributed by atoms with E-state index in [-0.39, 0.29) is 10.8 Å². The first kappa shape index (κ1) is 23.5. The highest BCUT2D eigenvalue weighted by Gasteiger charge is 2.16. The topological polar surface area (TPSA) is 93.1 Å². The van der Waals surface area contributed by atoms with E-state index in [0.717, 1.165) is 31.2 Å². The number of amides is 1. The SMILES string of the molecule is CCCCc1ccc(NS(=O)(=O)c2cccc(C(=O)NCCCn3cc(C)cn3)c2)cc1. The van der Waals surface area contributed by atoms with E-state index in [1.54, 1.807) is 30.5 Å². The van der Waals surface area contributed by atoms with Crippen LogP contribution in [0.4, 0.5) is 5.69 Å². The van der Waals surface area contributed by atoms with E-state index >= 15 is 0 Å². The lowest BCUT2D eigenvalue weighted by Crippen LogP contribution is -2.25. The highest BCUT2D eigenvalue weighted by atomic mass is 32.2. The zero-order valence-corrected chi connectivity index (χ0v) is 19.4. The molecule has 0 aliphatic rings. The Morgan fingerprint density at radius 3 is 2.56 bits per heavy atom. The molecule has 1 amide bonds. The number of rotatable bonds is 11. The molecule has 0 aliphatic carbocycles. The first-order valence-electron chi connectivity index (χ1n) is 10.9. The molecule has 0 bridgehead atoms. The summed E-state index contributed by atoms with van der Waals surface area (Å²) in [6, 6.07) is 13.4. The Bertz CT molecular complexity index is 1140. The van der Waals surface area contributed by atoms with Gasteiger partial charge in [-0.2, -0.15) is 5.10 Å². The minimum absolute atomic E-state index is 0.0484. The summed E-state index contributed by atoms with van der Waals surface area (Å²) in [6.45, 7) is 5.28. The van der Waals surface area contributed by atoms with E-state index in [1.807, 2.05) is 29.9 Å². The van der Waals surface area contributed by atoms with Crippen molar-refractivity contribution in [1.82, 2.24) is 15.1 Å². The Hall–Kier alpha value is -3.13. The third kappa shape index (κ3) is 6.68. The molecule has 3 rings (SSSR count). The Labute approximate surface area is 189 Å². The van der Waals surface area contributed by atoms with Crippen molar-refractivity contribution in [2.45, 2.75) is 51.0 Å². The average Bonchev–Trinajstić information content (AvgIpc) is 3.21. The number of carbonyl (C=O) groups is 1. The van der Waals surface area contributed by atoms with Gasteiger partial charge in [-0.15, -0.1) is 0 Å². The molecule has 170 valence electrons. The lowest BCUT2D eigenvalue weighted by atomic mass is 10.1. The molecule has 2 aromatic carbocycles. The Morgan fingerprint density at radius 2 is 1.88 bits per heavy atom. The van der Waals surface area contributed by atoms with Crippen LogP contribution in [0, 0.1) is 6.92 Å². The lowest BCUT2D eigenvalue weighted by Gasteiger charge is -2.11. The quantitative estimate of drug-likeness (QED) is 0.426. The number of hydrogen-bond acceptors (Lipinski definition) is 4. The maximum atomic E-state index is 12.8. The third-order valence-corrected chi connectivity index (χ3v) is 6.42. The molecule has 0 fully saturated rings. The number of sulfonamides is 1. The molecule has 8 heteroatoms. The van der Waals surface area contributed by atoms with E-state index in [0.29, 0.717) is 24.3 Å². The Morgan fingerprint density at radius 1 is 1.09 bits per heavy atom. The average molecular weight is 455 g/mol. The molecule has 0 saturated carbocycles. The molecule has 0 atom stereocenters. The maximum absolute atomic E-state index is 12.8. The number of aryl methyl sites for hydroxylation is 3. The fourth-order valence-corrected chi connectivity index (χ4v) is 4.38. The van der Waals surface area contributed by atoms with Gasteiger partial charge in [-0.25, -0.2) is 8.42 Å². The van der Waals surface area contributed by atoms with Gasteiger partial charge in [-0.1, -0.05) is 31.5 Å². The third-order valence-electron chi connectivity index (χ3n) is 5.04. The molecule has 2 N–H and O–H groups in total. The van der Waals surface area contributed by atoms with Crippen molar-refractivity contribution in [3.8, 4) is 0 Å². The van der Waals surface area contributed by atoms with Gasteiger partial charge >= 0.3 is 0 Å². The molecular weight excluding hydrogens is 424 g/mol. The van der Waals surface area contributed by atoms with Crippen LogP contribution in [0.5, 0.6) is 0 Å². The fraction of sp³-hybridized carbons (Fsp3) is 0.333. The van der Waals surface area contributed by atoms with Crippen LogP contribution in [0.25, 0.3) is 0 Å². The van der Waals surface area contributed by atoms with Gasteiger partial charge < -0.3 is 5.32 Å². The van der Waals surface area contributed by atoms with E-state index in [2.05, 4.69) is 22.1 Å². The number of hydrogen-bond donors (Lipinski definition) is 2. The second-order valence-corrected chi connectivity index (χ2v) is 9.51. The normalized spacial score (nSPS) is 11.3. The van der Waals surface area contributed by atoms with Gasteiger partial charge in [0.2, 0.25) is 0 Å². The van der Waals surface area contributed by atoms with E-state index in [9.17, 15) is 13.2 Å². The zero-order chi connectivity index (χ0) is 23.0. The smallest absolute Gasteiger partial charge is 0.261 e. The summed E-state index contributed by atoms with van der Waals surface area (Å²) >= 11 is 0. The van der Waals surface area contributed by atoms with Crippen molar-refractivity contribution in [3.05, 3.63) is 77.6 Å². The zero-order valence-electron chi connectivity index (χ0n) is 18.5. The number of unbranched alkanes of at least 4 members (excludes halogenated alkanes) is 1. The predicted molar refractivity (Wildman–Crippen MR) is 126 cm³/mol. The number of anilines is 1. The summed E-state index contributed by atoms with van der Waals surface area (Å²) in [6.07, 6.45) is 7.65. The highest BCUT2D eigenvalue weighted by Crippen LogP contribution is 2.18. The van der Waals surface area contributed by atoms with E-state index < -0.39 is 10.0 Å². The number of carbonyl (C=O) groups excluding carboxylic acids is 1. The molecule has 0 radical (unpaired) electrons. The summed E-state index contributed by atoms with van der Waals surface area (Å²) in [5, 5.41) is 7.04. The fourth-order valence-electron chi connectivity index (χ4n) is 3.27. The van der Waals surface area contributed by atoms with Crippen molar-refractivity contribution in [3.63, 3.8) is 0 Å². The minimum atomic E-state index is -3.80. The molecule has 3 aromatic rings. The van der Waals surface area contributed by atoms with Gasteiger partial charge in [0.25, 0.3) is 15.9 Å². The summed E-state index contributed by atoms with van der Waals surface area (Å²) in [5.41, 5.74) is 3.07. The van der Waals surface area contributed by atoms with Gasteiger partial charge in [0.15, 0.2) is 0 Å². The molecule has 32 heavy (non-hydrogen) atoms. The maximum Gasteiger partial charge on any atom is 0.261 e. The molecular formula is C24H30N4O3S. The highest BCUT2D eigenvalue weighted by molar-refractivity contribution is 7.92. The van der Waals surface area contributed by atoms with Crippen LogP contribution in [0.15, 0.2) is 65.8 Å². The number of nitrogens with zero attached hydrogens (tertiary/aromatic N) is 2. The predicted octanol–water partition coefficient (Wildman–Crippen LogP) is 4.16. The first-order chi connectivity index (χ1) is 15.4. The van der Waals surface area contributed by atoms with Gasteiger partial charge in [0.05, 0.1) is 11.1 Å². The Balaban J connectivity index is 1.57. The van der Waals surface area contributed by atoms with Crippen LogP contribution in [-0.4, -0.2) is 30.7 Å². The molecule has 0 unspecified atom stereocenters.